The van der Waals surface area contributed by atoms with Crippen LogP contribution in [-0.2, 0) is 16.6 Å². The van der Waals surface area contributed by atoms with Gasteiger partial charge in [-0.2, -0.15) is 0 Å². The van der Waals surface area contributed by atoms with Crippen molar-refractivity contribution in [3.8, 4) is 0 Å². The number of sulfonamides is 1. The van der Waals surface area contributed by atoms with E-state index in [4.69, 9.17) is 0 Å². The Balaban J connectivity index is 2.12. The lowest BCUT2D eigenvalue weighted by molar-refractivity contribution is 0.336. The molecule has 1 aromatic carbocycles. The van der Waals surface area contributed by atoms with E-state index in [2.05, 4.69) is 32.9 Å². The molecule has 118 valence electrons. The Labute approximate surface area is 135 Å². The topological polar surface area (TPSA) is 58.2 Å². The minimum absolute atomic E-state index is 0.103. The van der Waals surface area contributed by atoms with Gasteiger partial charge in [-0.15, -0.1) is 0 Å². The molecule has 0 radical (unpaired) electrons. The second kappa shape index (κ2) is 6.77. The third-order valence-electron chi connectivity index (χ3n) is 4.17. The van der Waals surface area contributed by atoms with Crippen molar-refractivity contribution < 1.29 is 8.42 Å². The Bertz CT molecular complexity index is 596. The Kier molecular flexibility index (Phi) is 5.46. The third kappa shape index (κ3) is 4.28. The van der Waals surface area contributed by atoms with Crippen molar-refractivity contribution in [3.05, 3.63) is 28.2 Å². The first-order valence-corrected chi connectivity index (χ1v) is 9.57. The van der Waals surface area contributed by atoms with Gasteiger partial charge in [0.15, 0.2) is 0 Å². The van der Waals surface area contributed by atoms with Crippen molar-refractivity contribution in [3.63, 3.8) is 0 Å². The largest absolute Gasteiger partial charge is 0.316 e. The fraction of sp³-hybridized carbons (Fsp3) is 0.600. The van der Waals surface area contributed by atoms with Crippen molar-refractivity contribution in [1.29, 1.82) is 0 Å². The Morgan fingerprint density at radius 1 is 1.29 bits per heavy atom. The molecule has 0 saturated heterocycles. The Hall–Kier alpha value is -0.430. The summed E-state index contributed by atoms with van der Waals surface area (Å²) in [7, 11) is -1.60. The van der Waals surface area contributed by atoms with E-state index in [1.165, 1.54) is 12.8 Å². The summed E-state index contributed by atoms with van der Waals surface area (Å²) in [5.41, 5.74) is 1.15. The molecule has 0 heterocycles. The van der Waals surface area contributed by atoms with Gasteiger partial charge in [-0.25, -0.2) is 13.1 Å². The van der Waals surface area contributed by atoms with Crippen LogP contribution in [0, 0.1) is 5.41 Å². The Morgan fingerprint density at radius 3 is 2.52 bits per heavy atom. The number of nitrogens with one attached hydrogen (secondary N) is 2. The van der Waals surface area contributed by atoms with Gasteiger partial charge in [0.05, 0.1) is 4.90 Å². The maximum Gasteiger partial charge on any atom is 0.241 e. The fourth-order valence-corrected chi connectivity index (χ4v) is 5.15. The zero-order valence-corrected chi connectivity index (χ0v) is 15.0. The fourth-order valence-electron chi connectivity index (χ4n) is 2.83. The maximum atomic E-state index is 12.5. The van der Waals surface area contributed by atoms with Crippen LogP contribution in [0.3, 0.4) is 0 Å². The zero-order chi connectivity index (χ0) is 15.5. The van der Waals surface area contributed by atoms with Crippen LogP contribution in [0.15, 0.2) is 27.6 Å². The molecule has 2 N–H and O–H groups in total. The van der Waals surface area contributed by atoms with Gasteiger partial charge >= 0.3 is 0 Å². The lowest BCUT2D eigenvalue weighted by atomic mass is 9.89. The molecule has 0 aliphatic heterocycles. The molecular formula is C15H23BrN2O2S. The summed E-state index contributed by atoms with van der Waals surface area (Å²) >= 11 is 3.37. The highest BCUT2D eigenvalue weighted by atomic mass is 79.9. The molecule has 0 aromatic heterocycles. The van der Waals surface area contributed by atoms with Crippen LogP contribution in [0.1, 0.15) is 38.2 Å². The maximum absolute atomic E-state index is 12.5. The number of hydrogen-bond donors (Lipinski definition) is 2. The second-order valence-electron chi connectivity index (χ2n) is 6.14. The first-order chi connectivity index (χ1) is 9.86. The van der Waals surface area contributed by atoms with Crippen LogP contribution >= 0.6 is 15.9 Å². The molecule has 21 heavy (non-hydrogen) atoms. The Morgan fingerprint density at radius 2 is 1.95 bits per heavy atom. The van der Waals surface area contributed by atoms with E-state index in [0.717, 1.165) is 18.4 Å². The van der Waals surface area contributed by atoms with Crippen molar-refractivity contribution in [2.45, 2.75) is 44.0 Å². The van der Waals surface area contributed by atoms with E-state index >= 15 is 0 Å². The molecule has 1 fully saturated rings. The first-order valence-electron chi connectivity index (χ1n) is 7.29. The molecule has 0 spiro atoms. The SMILES string of the molecule is CNCc1ccc(S(=O)(=O)NCC2(C)CCCC2)c(Br)c1. The van der Waals surface area contributed by atoms with Gasteiger partial charge in [0, 0.05) is 17.6 Å². The van der Waals surface area contributed by atoms with Crippen LogP contribution in [-0.4, -0.2) is 22.0 Å². The van der Waals surface area contributed by atoms with Crippen molar-refractivity contribution in [2.24, 2.45) is 5.41 Å². The lowest BCUT2D eigenvalue weighted by Crippen LogP contribution is -2.34. The van der Waals surface area contributed by atoms with Gasteiger partial charge in [-0.1, -0.05) is 25.8 Å². The number of rotatable bonds is 6. The van der Waals surface area contributed by atoms with Gasteiger partial charge in [0.25, 0.3) is 0 Å². The molecule has 2 rings (SSSR count). The van der Waals surface area contributed by atoms with Crippen LogP contribution in [0.4, 0.5) is 0 Å². The minimum atomic E-state index is -3.47. The highest BCUT2D eigenvalue weighted by Crippen LogP contribution is 2.37. The first kappa shape index (κ1) is 16.9. The summed E-state index contributed by atoms with van der Waals surface area (Å²) in [5.74, 6) is 0. The summed E-state index contributed by atoms with van der Waals surface area (Å²) in [5, 5.41) is 3.05. The highest BCUT2D eigenvalue weighted by molar-refractivity contribution is 9.10. The van der Waals surface area contributed by atoms with E-state index in [1.54, 1.807) is 6.07 Å². The molecule has 1 aliphatic rings. The predicted molar refractivity (Wildman–Crippen MR) is 88.7 cm³/mol. The average Bonchev–Trinajstić information content (AvgIpc) is 2.85. The van der Waals surface area contributed by atoms with Gasteiger partial charge in [-0.05, 0) is 58.9 Å². The normalized spacial score (nSPS) is 18.0. The van der Waals surface area contributed by atoms with E-state index in [9.17, 15) is 8.42 Å². The summed E-state index contributed by atoms with van der Waals surface area (Å²) < 4.78 is 28.3. The zero-order valence-electron chi connectivity index (χ0n) is 12.6. The van der Waals surface area contributed by atoms with E-state index in [1.807, 2.05) is 19.2 Å². The van der Waals surface area contributed by atoms with E-state index in [-0.39, 0.29) is 5.41 Å². The third-order valence-corrected chi connectivity index (χ3v) is 6.54. The molecule has 1 aliphatic carbocycles. The predicted octanol–water partition coefficient (Wildman–Crippen LogP) is 3.03. The van der Waals surface area contributed by atoms with Gasteiger partial charge in [-0.3, -0.25) is 0 Å². The van der Waals surface area contributed by atoms with E-state index < -0.39 is 10.0 Å². The molecule has 6 heteroatoms. The number of halogens is 1. The van der Waals surface area contributed by atoms with Crippen molar-refractivity contribution in [1.82, 2.24) is 10.0 Å². The van der Waals surface area contributed by atoms with Crippen LogP contribution in [0.25, 0.3) is 0 Å². The molecule has 0 atom stereocenters. The van der Waals surface area contributed by atoms with Gasteiger partial charge in [0.2, 0.25) is 10.0 Å². The monoisotopic (exact) mass is 374 g/mol. The summed E-state index contributed by atoms with van der Waals surface area (Å²) in [6.45, 7) is 3.39. The van der Waals surface area contributed by atoms with Gasteiger partial charge < -0.3 is 5.32 Å². The van der Waals surface area contributed by atoms with Crippen LogP contribution in [0.2, 0.25) is 0 Å². The standard InChI is InChI=1S/C15H23BrN2O2S/c1-15(7-3-4-8-15)11-18-21(19,20)14-6-5-12(10-17-2)9-13(14)16/h5-6,9,17-18H,3-4,7-8,10-11H2,1-2H3. The van der Waals surface area contributed by atoms with E-state index in [0.29, 0.717) is 22.5 Å². The van der Waals surface area contributed by atoms with Gasteiger partial charge in [0.1, 0.15) is 0 Å². The molecule has 0 unspecified atom stereocenters. The number of hydrogen-bond acceptors (Lipinski definition) is 3. The van der Waals surface area contributed by atoms with Crippen LogP contribution < -0.4 is 10.0 Å². The molecule has 0 bridgehead atoms. The summed E-state index contributed by atoms with van der Waals surface area (Å²) in [6, 6.07) is 5.35. The second-order valence-corrected chi connectivity index (χ2v) is 8.73. The molecular weight excluding hydrogens is 352 g/mol. The molecule has 0 amide bonds. The van der Waals surface area contributed by atoms with Crippen LogP contribution in [0.5, 0.6) is 0 Å². The quantitative estimate of drug-likeness (QED) is 0.804. The summed E-state index contributed by atoms with van der Waals surface area (Å²) in [6.07, 6.45) is 4.58. The van der Waals surface area contributed by atoms with Crippen molar-refractivity contribution in [2.75, 3.05) is 13.6 Å². The summed E-state index contributed by atoms with van der Waals surface area (Å²) in [4.78, 5) is 0.309. The average molecular weight is 375 g/mol. The molecule has 1 aromatic rings. The smallest absolute Gasteiger partial charge is 0.241 e. The minimum Gasteiger partial charge on any atom is -0.316 e. The molecule has 4 nitrogen and oxygen atoms in total. The highest BCUT2D eigenvalue weighted by Gasteiger charge is 2.30. The number of benzene rings is 1. The molecule has 1 saturated carbocycles. The lowest BCUT2D eigenvalue weighted by Gasteiger charge is -2.23. The van der Waals surface area contributed by atoms with Crippen molar-refractivity contribution >= 4 is 26.0 Å².